The third kappa shape index (κ3) is 7.42. The summed E-state index contributed by atoms with van der Waals surface area (Å²) < 4.78 is 0. The Morgan fingerprint density at radius 1 is 1.11 bits per heavy atom. The van der Waals surface area contributed by atoms with Crippen molar-refractivity contribution in [2.45, 2.75) is 25.7 Å². The normalized spacial score (nSPS) is 15.3. The number of amides is 2. The molecule has 110 valence electrons. The first-order valence-corrected chi connectivity index (χ1v) is 8.16. The molecule has 19 heavy (non-hydrogen) atoms. The molecule has 0 unspecified atom stereocenters. The number of carbonyl (C=O) groups excluding carboxylic acids is 2. The van der Waals surface area contributed by atoms with E-state index in [1.54, 1.807) is 0 Å². The van der Waals surface area contributed by atoms with Gasteiger partial charge in [0.15, 0.2) is 0 Å². The maximum atomic E-state index is 11.8. The molecule has 0 spiro atoms. The third-order valence-electron chi connectivity index (χ3n) is 3.09. The van der Waals surface area contributed by atoms with Gasteiger partial charge >= 0.3 is 0 Å². The van der Waals surface area contributed by atoms with Gasteiger partial charge in [-0.3, -0.25) is 9.59 Å². The van der Waals surface area contributed by atoms with E-state index < -0.39 is 0 Å². The predicted molar refractivity (Wildman–Crippen MR) is 79.3 cm³/mol. The highest BCUT2D eigenvalue weighted by Gasteiger charge is 2.16. The molecule has 0 aromatic rings. The Labute approximate surface area is 119 Å². The first-order valence-electron chi connectivity index (χ1n) is 7.01. The zero-order valence-corrected chi connectivity index (χ0v) is 12.6. The van der Waals surface area contributed by atoms with E-state index in [9.17, 15) is 9.59 Å². The summed E-state index contributed by atoms with van der Waals surface area (Å²) in [7, 11) is 1.89. The lowest BCUT2D eigenvalue weighted by molar-refractivity contribution is -0.129. The summed E-state index contributed by atoms with van der Waals surface area (Å²) in [5, 5.41) is 5.88. The molecule has 0 aromatic carbocycles. The van der Waals surface area contributed by atoms with Crippen LogP contribution in [0.15, 0.2) is 0 Å². The summed E-state index contributed by atoms with van der Waals surface area (Å²) in [6.45, 7) is 3.37. The molecule has 1 aliphatic heterocycles. The van der Waals surface area contributed by atoms with Crippen molar-refractivity contribution in [3.05, 3.63) is 0 Å². The van der Waals surface area contributed by atoms with Gasteiger partial charge in [0.2, 0.25) is 11.8 Å². The van der Waals surface area contributed by atoms with Crippen molar-refractivity contribution >= 4 is 23.6 Å². The van der Waals surface area contributed by atoms with Gasteiger partial charge in [0.1, 0.15) is 0 Å². The molecule has 2 N–H and O–H groups in total. The van der Waals surface area contributed by atoms with Gasteiger partial charge in [-0.05, 0) is 39.3 Å². The molecule has 5 nitrogen and oxygen atoms in total. The van der Waals surface area contributed by atoms with Crippen LogP contribution in [0.5, 0.6) is 0 Å². The monoisotopic (exact) mass is 287 g/mol. The number of rotatable bonds is 8. The van der Waals surface area contributed by atoms with Crippen molar-refractivity contribution in [1.29, 1.82) is 0 Å². The molecule has 0 saturated carbocycles. The molecule has 0 aromatic heterocycles. The molecule has 0 radical (unpaired) electrons. The Morgan fingerprint density at radius 2 is 1.84 bits per heavy atom. The third-order valence-corrected chi connectivity index (χ3v) is 4.01. The largest absolute Gasteiger partial charge is 0.355 e. The standard InChI is InChI=1S/C13H25N3O2S/c1-14-6-5-7-15-12(17)10-19-11-13(18)16-8-3-2-4-9-16/h14H,2-11H2,1H3,(H,15,17). The summed E-state index contributed by atoms with van der Waals surface area (Å²) in [6.07, 6.45) is 4.39. The van der Waals surface area contributed by atoms with Gasteiger partial charge in [-0.2, -0.15) is 0 Å². The second-order valence-corrected chi connectivity index (χ2v) is 5.73. The fourth-order valence-electron chi connectivity index (χ4n) is 2.01. The first kappa shape index (κ1) is 16.3. The van der Waals surface area contributed by atoms with E-state index in [1.807, 2.05) is 11.9 Å². The zero-order chi connectivity index (χ0) is 13.9. The molecular formula is C13H25N3O2S. The van der Waals surface area contributed by atoms with Gasteiger partial charge < -0.3 is 15.5 Å². The molecule has 1 fully saturated rings. The minimum atomic E-state index is 0.0209. The summed E-state index contributed by atoms with van der Waals surface area (Å²) in [4.78, 5) is 25.2. The van der Waals surface area contributed by atoms with E-state index in [1.165, 1.54) is 18.2 Å². The minimum Gasteiger partial charge on any atom is -0.355 e. The van der Waals surface area contributed by atoms with Crippen LogP contribution >= 0.6 is 11.8 Å². The van der Waals surface area contributed by atoms with Crippen LogP contribution in [-0.2, 0) is 9.59 Å². The van der Waals surface area contributed by atoms with Crippen LogP contribution in [0.25, 0.3) is 0 Å². The van der Waals surface area contributed by atoms with Crippen molar-refractivity contribution in [1.82, 2.24) is 15.5 Å². The summed E-state index contributed by atoms with van der Waals surface area (Å²) in [5.41, 5.74) is 0. The van der Waals surface area contributed by atoms with E-state index in [-0.39, 0.29) is 11.8 Å². The van der Waals surface area contributed by atoms with Crippen molar-refractivity contribution in [3.8, 4) is 0 Å². The van der Waals surface area contributed by atoms with Gasteiger partial charge in [0, 0.05) is 19.6 Å². The smallest absolute Gasteiger partial charge is 0.232 e. The van der Waals surface area contributed by atoms with Crippen LogP contribution < -0.4 is 10.6 Å². The van der Waals surface area contributed by atoms with E-state index >= 15 is 0 Å². The van der Waals surface area contributed by atoms with Crippen LogP contribution in [0.3, 0.4) is 0 Å². The van der Waals surface area contributed by atoms with Crippen LogP contribution in [0.1, 0.15) is 25.7 Å². The predicted octanol–water partition coefficient (Wildman–Crippen LogP) is 0.458. The SMILES string of the molecule is CNCCCNC(=O)CSCC(=O)N1CCCCC1. The molecule has 1 rings (SSSR count). The van der Waals surface area contributed by atoms with Crippen molar-refractivity contribution in [2.75, 3.05) is 44.7 Å². The summed E-state index contributed by atoms with van der Waals surface area (Å²) in [6, 6.07) is 0. The summed E-state index contributed by atoms with van der Waals surface area (Å²) >= 11 is 1.41. The molecule has 6 heteroatoms. The van der Waals surface area contributed by atoms with E-state index in [0.717, 1.165) is 38.9 Å². The molecule has 1 aliphatic rings. The van der Waals surface area contributed by atoms with Gasteiger partial charge in [-0.1, -0.05) is 0 Å². The Balaban J connectivity index is 2.02. The second-order valence-electron chi connectivity index (χ2n) is 4.74. The number of hydrogen-bond acceptors (Lipinski definition) is 4. The number of nitrogens with one attached hydrogen (secondary N) is 2. The number of piperidine rings is 1. The molecule has 0 aliphatic carbocycles. The number of thioether (sulfide) groups is 1. The van der Waals surface area contributed by atoms with E-state index in [4.69, 9.17) is 0 Å². The van der Waals surface area contributed by atoms with Crippen LogP contribution in [0.2, 0.25) is 0 Å². The average Bonchev–Trinajstić information content (AvgIpc) is 2.44. The Kier molecular flexibility index (Phi) is 8.66. The highest BCUT2D eigenvalue weighted by atomic mass is 32.2. The first-order chi connectivity index (χ1) is 9.24. The number of nitrogens with zero attached hydrogens (tertiary/aromatic N) is 1. The van der Waals surface area contributed by atoms with Gasteiger partial charge in [0.05, 0.1) is 11.5 Å². The van der Waals surface area contributed by atoms with E-state index in [2.05, 4.69) is 10.6 Å². The number of carbonyl (C=O) groups is 2. The quantitative estimate of drug-likeness (QED) is 0.637. The van der Waals surface area contributed by atoms with Gasteiger partial charge in [0.25, 0.3) is 0 Å². The highest BCUT2D eigenvalue weighted by molar-refractivity contribution is 8.00. The fraction of sp³-hybridized carbons (Fsp3) is 0.846. The van der Waals surface area contributed by atoms with Gasteiger partial charge in [-0.25, -0.2) is 0 Å². The lowest BCUT2D eigenvalue weighted by Crippen LogP contribution is -2.37. The molecule has 1 saturated heterocycles. The number of hydrogen-bond donors (Lipinski definition) is 2. The van der Waals surface area contributed by atoms with Crippen LogP contribution in [0.4, 0.5) is 0 Å². The maximum absolute atomic E-state index is 11.8. The summed E-state index contributed by atoms with van der Waals surface area (Å²) in [5.74, 6) is 0.989. The lowest BCUT2D eigenvalue weighted by atomic mass is 10.1. The highest BCUT2D eigenvalue weighted by Crippen LogP contribution is 2.11. The average molecular weight is 287 g/mol. The van der Waals surface area contributed by atoms with Crippen LogP contribution in [-0.4, -0.2) is 61.4 Å². The van der Waals surface area contributed by atoms with E-state index in [0.29, 0.717) is 18.1 Å². The van der Waals surface area contributed by atoms with Crippen molar-refractivity contribution in [3.63, 3.8) is 0 Å². The van der Waals surface area contributed by atoms with Crippen molar-refractivity contribution < 1.29 is 9.59 Å². The zero-order valence-electron chi connectivity index (χ0n) is 11.7. The minimum absolute atomic E-state index is 0.0209. The Hall–Kier alpha value is -0.750. The van der Waals surface area contributed by atoms with Gasteiger partial charge in [-0.15, -0.1) is 11.8 Å². The Morgan fingerprint density at radius 3 is 2.53 bits per heavy atom. The molecule has 0 atom stereocenters. The molecule has 0 bridgehead atoms. The van der Waals surface area contributed by atoms with Crippen molar-refractivity contribution in [2.24, 2.45) is 0 Å². The fourth-order valence-corrected chi connectivity index (χ4v) is 2.76. The second kappa shape index (κ2) is 10.1. The molecule has 1 heterocycles. The number of likely N-dealkylation sites (tertiary alicyclic amines) is 1. The maximum Gasteiger partial charge on any atom is 0.232 e. The molecule has 2 amide bonds. The molecular weight excluding hydrogens is 262 g/mol. The topological polar surface area (TPSA) is 61.4 Å². The van der Waals surface area contributed by atoms with Crippen LogP contribution in [0, 0.1) is 0 Å². The Bertz CT molecular complexity index is 281. The lowest BCUT2D eigenvalue weighted by Gasteiger charge is -2.26.